The zero-order valence-corrected chi connectivity index (χ0v) is 20.7. The van der Waals surface area contributed by atoms with Gasteiger partial charge in [-0.25, -0.2) is 9.79 Å². The molecule has 2 rings (SSSR count). The molecule has 198 valence electrons. The molecule has 15 heteroatoms. The summed E-state index contributed by atoms with van der Waals surface area (Å²) in [6.07, 6.45) is 4.91. The van der Waals surface area contributed by atoms with Gasteiger partial charge in [-0.1, -0.05) is 31.1 Å². The Morgan fingerprint density at radius 3 is 2.46 bits per heavy atom. The average Bonchev–Trinajstić information content (AvgIpc) is 3.36. The molecule has 1 saturated heterocycles. The second kappa shape index (κ2) is 13.0. The lowest BCUT2D eigenvalue weighted by Crippen LogP contribution is -2.48. The fourth-order valence-corrected chi connectivity index (χ4v) is 4.58. The van der Waals surface area contributed by atoms with Crippen molar-refractivity contribution >= 4 is 36.3 Å². The summed E-state index contributed by atoms with van der Waals surface area (Å²) in [6, 6.07) is 0.137. The molecule has 1 heterocycles. The van der Waals surface area contributed by atoms with E-state index < -0.39 is 56.5 Å². The monoisotopic (exact) mass is 539 g/mol. The first-order chi connectivity index (χ1) is 16.4. The molecule has 2 fully saturated rings. The molecular weight excluding hydrogens is 509 g/mol. The van der Waals surface area contributed by atoms with Gasteiger partial charge in [0.25, 0.3) is 5.34 Å². The Bertz CT molecular complexity index is 898. The number of hydrogen-bond donors (Lipinski definition) is 6. The molecule has 0 radical (unpaired) electrons. The van der Waals surface area contributed by atoms with Crippen LogP contribution in [0.4, 0.5) is 0 Å². The molecule has 0 aromatic carbocycles. The van der Waals surface area contributed by atoms with Crippen LogP contribution in [-0.2, 0) is 23.6 Å². The highest BCUT2D eigenvalue weighted by Crippen LogP contribution is 2.52. The number of nitrogens with two attached hydrogens (primary N) is 1. The van der Waals surface area contributed by atoms with Gasteiger partial charge in [-0.05, 0) is 30.5 Å². The summed E-state index contributed by atoms with van der Waals surface area (Å²) in [5.41, 5.74) is 5.44. The zero-order valence-electron chi connectivity index (χ0n) is 19.0. The lowest BCUT2D eigenvalue weighted by atomic mass is 10.1. The van der Waals surface area contributed by atoms with Crippen molar-refractivity contribution in [2.75, 3.05) is 20.3 Å². The van der Waals surface area contributed by atoms with Crippen molar-refractivity contribution in [3.63, 3.8) is 0 Å². The standard InChI is InChI=1S/C20H31ClN3O10P/c1-32-11-20(18(27)28,35(29,30)31)33-10-14-17(26)16(25)13(34-14)8-4-5-9-15(24-19(21)22)23-12-6-2-3-7-12/h4-5,8-9,12-14,16-17,25-26H,2-3,6-7,10-11H2,1H3,(H,27,28)(H2,22,23,24)(H2,29,30,31)/b8-4+,9-5+/t13-,14+,16-,17+,20+/m0/s1. The van der Waals surface area contributed by atoms with Gasteiger partial charge in [0.1, 0.15) is 24.4 Å². The van der Waals surface area contributed by atoms with Crippen LogP contribution in [0.2, 0.25) is 0 Å². The number of rotatable bonds is 11. The van der Waals surface area contributed by atoms with E-state index in [-0.39, 0.29) is 11.3 Å². The van der Waals surface area contributed by atoms with Crippen molar-refractivity contribution in [1.82, 2.24) is 0 Å². The first kappa shape index (κ1) is 29.6. The summed E-state index contributed by atoms with van der Waals surface area (Å²) in [4.78, 5) is 39.1. The summed E-state index contributed by atoms with van der Waals surface area (Å²) >= 11 is 5.66. The molecule has 1 saturated carbocycles. The minimum absolute atomic E-state index is 0.137. The third kappa shape index (κ3) is 7.91. The Balaban J connectivity index is 2.06. The van der Waals surface area contributed by atoms with Crippen molar-refractivity contribution < 1.29 is 48.7 Å². The minimum atomic E-state index is -5.35. The van der Waals surface area contributed by atoms with Gasteiger partial charge < -0.3 is 45.1 Å². The van der Waals surface area contributed by atoms with Crippen LogP contribution in [0.25, 0.3) is 0 Å². The summed E-state index contributed by atoms with van der Waals surface area (Å²) in [7, 11) is -4.30. The number of hydrogen-bond acceptors (Lipinski definition) is 8. The topological polar surface area (TPSA) is 214 Å². The first-order valence-electron chi connectivity index (χ1n) is 10.8. The van der Waals surface area contributed by atoms with E-state index >= 15 is 0 Å². The maximum Gasteiger partial charge on any atom is 0.371 e. The SMILES string of the molecule is COC[C@](OC[C@H]1O[C@@H](/C=C/C=C/C(N=C(N)Cl)=NC2CCCC2)[C@H](O)[C@@H]1O)(C(=O)O)P(=O)(O)O. The van der Waals surface area contributed by atoms with Gasteiger partial charge in [0.15, 0.2) is 11.1 Å². The molecule has 0 amide bonds. The van der Waals surface area contributed by atoms with E-state index in [4.69, 9.17) is 26.8 Å². The minimum Gasteiger partial charge on any atom is -0.479 e. The number of carboxylic acids is 1. The molecule has 7 N–H and O–H groups in total. The molecule has 0 bridgehead atoms. The van der Waals surface area contributed by atoms with Crippen molar-refractivity contribution in [2.45, 2.75) is 61.5 Å². The maximum absolute atomic E-state index is 11.8. The average molecular weight is 540 g/mol. The van der Waals surface area contributed by atoms with E-state index in [2.05, 4.69) is 14.7 Å². The highest BCUT2D eigenvalue weighted by molar-refractivity contribution is 7.54. The number of halogens is 1. The highest BCUT2D eigenvalue weighted by atomic mass is 35.5. The highest BCUT2D eigenvalue weighted by Gasteiger charge is 2.57. The number of amidine groups is 2. The molecule has 0 aromatic heterocycles. The third-order valence-corrected chi connectivity index (χ3v) is 7.02. The summed E-state index contributed by atoms with van der Waals surface area (Å²) in [6.45, 7) is -1.69. The molecule has 13 nitrogen and oxygen atoms in total. The number of carbonyl (C=O) groups is 1. The fraction of sp³-hybridized carbons (Fsp3) is 0.650. The number of carboxylic acid groups (broad SMARTS) is 1. The number of allylic oxidation sites excluding steroid dienone is 2. The number of aliphatic imine (C=N–C) groups is 2. The molecule has 5 atom stereocenters. The van der Waals surface area contributed by atoms with Crippen molar-refractivity contribution in [1.29, 1.82) is 0 Å². The van der Waals surface area contributed by atoms with Crippen LogP contribution < -0.4 is 5.73 Å². The smallest absolute Gasteiger partial charge is 0.371 e. The number of aliphatic hydroxyl groups is 2. The number of methoxy groups -OCH3 is 1. The predicted molar refractivity (Wildman–Crippen MR) is 126 cm³/mol. The van der Waals surface area contributed by atoms with Gasteiger partial charge in [0, 0.05) is 7.11 Å². The molecule has 0 spiro atoms. The van der Waals surface area contributed by atoms with Crippen LogP contribution in [0, 0.1) is 0 Å². The Labute approximate surface area is 207 Å². The van der Waals surface area contributed by atoms with E-state index in [0.29, 0.717) is 5.84 Å². The largest absolute Gasteiger partial charge is 0.479 e. The third-order valence-electron chi connectivity index (χ3n) is 5.55. The summed E-state index contributed by atoms with van der Waals surface area (Å²) < 4.78 is 27.0. The van der Waals surface area contributed by atoms with Gasteiger partial charge in [-0.15, -0.1) is 0 Å². The van der Waals surface area contributed by atoms with E-state index in [1.165, 1.54) is 12.2 Å². The number of aliphatic hydroxyl groups excluding tert-OH is 2. The molecule has 1 aliphatic carbocycles. The maximum atomic E-state index is 11.8. The van der Waals surface area contributed by atoms with Gasteiger partial charge in [-0.2, -0.15) is 0 Å². The number of aliphatic carboxylic acids is 1. The Morgan fingerprint density at radius 2 is 1.91 bits per heavy atom. The predicted octanol–water partition coefficient (Wildman–Crippen LogP) is 0.104. The van der Waals surface area contributed by atoms with Crippen LogP contribution in [0.1, 0.15) is 25.7 Å². The number of ether oxygens (including phenoxy) is 3. The zero-order chi connectivity index (χ0) is 26.2. The van der Waals surface area contributed by atoms with Crippen LogP contribution in [0.3, 0.4) is 0 Å². The second-order valence-electron chi connectivity index (χ2n) is 8.10. The molecule has 1 aliphatic heterocycles. The van der Waals surface area contributed by atoms with Gasteiger partial charge >= 0.3 is 13.6 Å². The fourth-order valence-electron chi connectivity index (χ4n) is 3.70. The van der Waals surface area contributed by atoms with E-state index in [0.717, 1.165) is 32.8 Å². The van der Waals surface area contributed by atoms with Crippen LogP contribution in [0.5, 0.6) is 0 Å². The lowest BCUT2D eigenvalue weighted by molar-refractivity contribution is -0.167. The summed E-state index contributed by atoms with van der Waals surface area (Å²) in [5, 5.41) is 26.7. The van der Waals surface area contributed by atoms with Gasteiger partial charge in [-0.3, -0.25) is 9.56 Å². The summed E-state index contributed by atoms with van der Waals surface area (Å²) in [5.74, 6) is -1.62. The molecule has 2 aliphatic rings. The van der Waals surface area contributed by atoms with Crippen molar-refractivity contribution in [3.8, 4) is 0 Å². The van der Waals surface area contributed by atoms with E-state index in [1.54, 1.807) is 12.2 Å². The van der Waals surface area contributed by atoms with Crippen LogP contribution >= 0.6 is 19.2 Å². The molecular formula is C20H31ClN3O10P. The Kier molecular flexibility index (Phi) is 11.0. The van der Waals surface area contributed by atoms with Gasteiger partial charge in [0.05, 0.1) is 19.3 Å². The van der Waals surface area contributed by atoms with Crippen molar-refractivity contribution in [2.24, 2.45) is 15.7 Å². The normalized spacial score (nSPS) is 28.9. The van der Waals surface area contributed by atoms with Crippen LogP contribution in [-0.4, -0.2) is 98.3 Å². The molecule has 0 unspecified atom stereocenters. The van der Waals surface area contributed by atoms with E-state index in [1.807, 2.05) is 0 Å². The number of nitrogens with zero attached hydrogens (tertiary/aromatic N) is 2. The second-order valence-corrected chi connectivity index (χ2v) is 10.3. The van der Waals surface area contributed by atoms with Gasteiger partial charge in [0.2, 0.25) is 0 Å². The first-order valence-corrected chi connectivity index (χ1v) is 12.8. The lowest BCUT2D eigenvalue weighted by Gasteiger charge is -2.30. The molecule has 0 aromatic rings. The Morgan fingerprint density at radius 1 is 1.26 bits per heavy atom. The molecule has 35 heavy (non-hydrogen) atoms. The van der Waals surface area contributed by atoms with Crippen LogP contribution in [0.15, 0.2) is 34.3 Å². The quantitative estimate of drug-likeness (QED) is 0.0680. The van der Waals surface area contributed by atoms with Crippen molar-refractivity contribution in [3.05, 3.63) is 24.3 Å². The Hall–Kier alpha value is -1.67. The van der Waals surface area contributed by atoms with E-state index in [9.17, 15) is 34.5 Å².